The van der Waals surface area contributed by atoms with Crippen LogP contribution in [0.5, 0.6) is 0 Å². The number of amides is 1. The fourth-order valence-corrected chi connectivity index (χ4v) is 3.19. The van der Waals surface area contributed by atoms with Crippen LogP contribution in [0, 0.1) is 5.92 Å². The number of nitrogens with zero attached hydrogens (tertiary/aromatic N) is 1. The summed E-state index contributed by atoms with van der Waals surface area (Å²) in [7, 11) is 0. The van der Waals surface area contributed by atoms with Crippen molar-refractivity contribution in [1.82, 2.24) is 10.2 Å². The van der Waals surface area contributed by atoms with E-state index in [-0.39, 0.29) is 5.92 Å². The monoisotopic (exact) mass is 238 g/mol. The molecule has 1 amide bonds. The molecule has 0 aromatic carbocycles. The maximum Gasteiger partial charge on any atom is 0.227 e. The van der Waals surface area contributed by atoms with E-state index in [0.717, 1.165) is 38.9 Å². The molecular formula is C14H26N2O. The van der Waals surface area contributed by atoms with Crippen LogP contribution in [0.1, 0.15) is 51.9 Å². The predicted octanol–water partition coefficient (Wildman–Crippen LogP) is 2.17. The van der Waals surface area contributed by atoms with Crippen molar-refractivity contribution >= 4 is 5.91 Å². The minimum absolute atomic E-state index is 0.246. The lowest BCUT2D eigenvalue weighted by Gasteiger charge is -2.34. The van der Waals surface area contributed by atoms with Gasteiger partial charge in [-0.3, -0.25) is 4.79 Å². The molecule has 0 bridgehead atoms. The van der Waals surface area contributed by atoms with Gasteiger partial charge in [-0.05, 0) is 38.6 Å². The number of likely N-dealkylation sites (tertiary alicyclic amines) is 1. The molecule has 2 aliphatic heterocycles. The molecule has 2 heterocycles. The Labute approximate surface area is 105 Å². The smallest absolute Gasteiger partial charge is 0.227 e. The quantitative estimate of drug-likeness (QED) is 0.799. The highest BCUT2D eigenvalue weighted by Gasteiger charge is 2.30. The van der Waals surface area contributed by atoms with Gasteiger partial charge in [0.15, 0.2) is 0 Å². The van der Waals surface area contributed by atoms with E-state index < -0.39 is 0 Å². The number of carbonyl (C=O) groups excluding carboxylic acids is 1. The third-order valence-electron chi connectivity index (χ3n) is 4.28. The summed E-state index contributed by atoms with van der Waals surface area (Å²) < 4.78 is 0. The molecule has 0 spiro atoms. The van der Waals surface area contributed by atoms with Crippen LogP contribution in [0.15, 0.2) is 0 Å². The molecule has 1 unspecified atom stereocenters. The molecule has 3 heteroatoms. The van der Waals surface area contributed by atoms with Gasteiger partial charge in [0.2, 0.25) is 5.91 Å². The number of hydrogen-bond donors (Lipinski definition) is 1. The van der Waals surface area contributed by atoms with Crippen LogP contribution in [0.3, 0.4) is 0 Å². The second-order valence-electron chi connectivity index (χ2n) is 5.49. The van der Waals surface area contributed by atoms with Crippen molar-refractivity contribution in [2.45, 2.75) is 57.9 Å². The highest BCUT2D eigenvalue weighted by molar-refractivity contribution is 5.79. The molecule has 0 radical (unpaired) electrons. The third-order valence-corrected chi connectivity index (χ3v) is 4.28. The zero-order chi connectivity index (χ0) is 12.1. The number of nitrogens with one attached hydrogen (secondary N) is 1. The van der Waals surface area contributed by atoms with Gasteiger partial charge < -0.3 is 10.2 Å². The molecule has 1 N–H and O–H groups in total. The van der Waals surface area contributed by atoms with Crippen LogP contribution in [-0.4, -0.2) is 36.5 Å². The van der Waals surface area contributed by atoms with Gasteiger partial charge in [-0.25, -0.2) is 0 Å². The first-order valence-corrected chi connectivity index (χ1v) is 7.34. The fraction of sp³-hybridized carbons (Fsp3) is 0.929. The van der Waals surface area contributed by atoms with Gasteiger partial charge in [0, 0.05) is 19.1 Å². The first-order valence-electron chi connectivity index (χ1n) is 7.34. The minimum Gasteiger partial charge on any atom is -0.339 e. The van der Waals surface area contributed by atoms with Gasteiger partial charge in [-0.15, -0.1) is 0 Å². The van der Waals surface area contributed by atoms with Crippen molar-refractivity contribution in [3.63, 3.8) is 0 Å². The van der Waals surface area contributed by atoms with Gasteiger partial charge in [0.1, 0.15) is 0 Å². The van der Waals surface area contributed by atoms with Crippen LogP contribution in [0.4, 0.5) is 0 Å². The Morgan fingerprint density at radius 3 is 2.82 bits per heavy atom. The van der Waals surface area contributed by atoms with Crippen molar-refractivity contribution in [3.05, 3.63) is 0 Å². The summed E-state index contributed by atoms with van der Waals surface area (Å²) in [5.74, 6) is 0.668. The number of carbonyl (C=O) groups is 1. The van der Waals surface area contributed by atoms with E-state index in [0.29, 0.717) is 11.9 Å². The van der Waals surface area contributed by atoms with Crippen molar-refractivity contribution < 1.29 is 4.79 Å². The Bertz CT molecular complexity index is 249. The Morgan fingerprint density at radius 1 is 1.24 bits per heavy atom. The van der Waals surface area contributed by atoms with E-state index in [9.17, 15) is 4.79 Å². The maximum absolute atomic E-state index is 12.6. The Kier molecular flexibility index (Phi) is 4.84. The Balaban J connectivity index is 1.98. The molecular weight excluding hydrogens is 212 g/mol. The summed E-state index contributed by atoms with van der Waals surface area (Å²) in [6.45, 7) is 5.19. The first-order chi connectivity index (χ1) is 8.33. The second kappa shape index (κ2) is 6.39. The molecule has 0 aromatic rings. The third kappa shape index (κ3) is 3.21. The predicted molar refractivity (Wildman–Crippen MR) is 69.9 cm³/mol. The molecule has 2 rings (SSSR count). The second-order valence-corrected chi connectivity index (χ2v) is 5.49. The number of piperidine rings is 1. The zero-order valence-electron chi connectivity index (χ0n) is 11.1. The highest BCUT2D eigenvalue weighted by Crippen LogP contribution is 2.23. The van der Waals surface area contributed by atoms with E-state index in [1.165, 1.54) is 25.7 Å². The lowest BCUT2D eigenvalue weighted by molar-refractivity contribution is -0.138. The van der Waals surface area contributed by atoms with Gasteiger partial charge in [0.05, 0.1) is 5.92 Å². The fourth-order valence-electron chi connectivity index (χ4n) is 3.19. The Morgan fingerprint density at radius 2 is 2.12 bits per heavy atom. The van der Waals surface area contributed by atoms with E-state index in [4.69, 9.17) is 0 Å². The summed E-state index contributed by atoms with van der Waals surface area (Å²) in [5, 5.41) is 3.36. The topological polar surface area (TPSA) is 32.3 Å². The van der Waals surface area contributed by atoms with Gasteiger partial charge in [0.25, 0.3) is 0 Å². The molecule has 0 aliphatic carbocycles. The van der Waals surface area contributed by atoms with Gasteiger partial charge in [-0.2, -0.15) is 0 Å². The molecule has 2 saturated heterocycles. The Hall–Kier alpha value is -0.570. The summed E-state index contributed by atoms with van der Waals surface area (Å²) in [6.07, 6.45) is 8.35. The van der Waals surface area contributed by atoms with Crippen LogP contribution in [0.25, 0.3) is 0 Å². The van der Waals surface area contributed by atoms with Crippen molar-refractivity contribution in [1.29, 1.82) is 0 Å². The average Bonchev–Trinajstić information content (AvgIpc) is 2.64. The van der Waals surface area contributed by atoms with E-state index in [1.807, 2.05) is 0 Å². The summed E-state index contributed by atoms with van der Waals surface area (Å²) in [4.78, 5) is 14.8. The van der Waals surface area contributed by atoms with Crippen molar-refractivity contribution in [3.8, 4) is 0 Å². The number of rotatable bonds is 2. The van der Waals surface area contributed by atoms with Gasteiger partial charge >= 0.3 is 0 Å². The summed E-state index contributed by atoms with van der Waals surface area (Å²) >= 11 is 0. The van der Waals surface area contributed by atoms with Gasteiger partial charge in [-0.1, -0.05) is 19.8 Å². The normalized spacial score (nSPS) is 31.0. The average molecular weight is 238 g/mol. The largest absolute Gasteiger partial charge is 0.339 e. The van der Waals surface area contributed by atoms with Crippen molar-refractivity contribution in [2.75, 3.05) is 19.6 Å². The van der Waals surface area contributed by atoms with Crippen LogP contribution < -0.4 is 5.32 Å². The number of hydrogen-bond acceptors (Lipinski definition) is 2. The van der Waals surface area contributed by atoms with E-state index >= 15 is 0 Å². The SMILES string of the molecule is CCC1CCCCCN1C(=O)[C@@H]1CCCNC1. The molecule has 0 aromatic heterocycles. The van der Waals surface area contributed by atoms with Crippen LogP contribution in [0.2, 0.25) is 0 Å². The standard InChI is InChI=1S/C14H26N2O/c1-2-13-8-4-3-5-10-16(13)14(17)12-7-6-9-15-11-12/h12-13,15H,2-11H2,1H3/t12-,13?/m1/s1. The molecule has 98 valence electrons. The van der Waals surface area contributed by atoms with E-state index in [2.05, 4.69) is 17.1 Å². The molecule has 2 aliphatic rings. The zero-order valence-corrected chi connectivity index (χ0v) is 11.1. The molecule has 2 atom stereocenters. The lowest BCUT2D eigenvalue weighted by atomic mass is 9.96. The maximum atomic E-state index is 12.6. The van der Waals surface area contributed by atoms with Crippen molar-refractivity contribution in [2.24, 2.45) is 5.92 Å². The molecule has 17 heavy (non-hydrogen) atoms. The molecule has 2 fully saturated rings. The summed E-state index contributed by atoms with van der Waals surface area (Å²) in [6, 6.07) is 0.506. The molecule has 3 nitrogen and oxygen atoms in total. The van der Waals surface area contributed by atoms with E-state index in [1.54, 1.807) is 0 Å². The van der Waals surface area contributed by atoms with Crippen LogP contribution in [-0.2, 0) is 4.79 Å². The summed E-state index contributed by atoms with van der Waals surface area (Å²) in [5.41, 5.74) is 0. The highest BCUT2D eigenvalue weighted by atomic mass is 16.2. The van der Waals surface area contributed by atoms with Crippen LogP contribution >= 0.6 is 0 Å². The minimum atomic E-state index is 0.246. The first kappa shape index (κ1) is 12.9. The molecule has 0 saturated carbocycles. The lowest BCUT2D eigenvalue weighted by Crippen LogP contribution is -2.47.